The highest BCUT2D eigenvalue weighted by atomic mass is 79.9. The molecule has 60 valence electrons. The first-order valence-corrected chi connectivity index (χ1v) is 3.16. The zero-order chi connectivity index (χ0) is 8.41. The molecule has 0 saturated heterocycles. The number of hydrogen-bond donors (Lipinski definition) is 0. The molecular weight excluding hydrogens is 216 g/mol. The normalized spacial score (nSPS) is 13.3. The first-order valence-electron chi connectivity index (χ1n) is 2.36. The summed E-state index contributed by atoms with van der Waals surface area (Å²) in [5, 5.41) is 0. The van der Waals surface area contributed by atoms with Gasteiger partial charge < -0.3 is 0 Å². The minimum absolute atomic E-state index is 0.745. The monoisotopic (exact) mass is 220 g/mol. The highest BCUT2D eigenvalue weighted by molar-refractivity contribution is 9.10. The van der Waals surface area contributed by atoms with E-state index >= 15 is 0 Å². The summed E-state index contributed by atoms with van der Waals surface area (Å²) in [6.07, 6.45) is -0.291. The fraction of sp³-hybridized carbons (Fsp3) is 0.600. The van der Waals surface area contributed by atoms with Gasteiger partial charge >= 0.3 is 10.8 Å². The maximum Gasteiger partial charge on any atom is 0.363 e. The average Bonchev–Trinajstić information content (AvgIpc) is 1.61. The van der Waals surface area contributed by atoms with Crippen LogP contribution in [0, 0.1) is 0 Å². The van der Waals surface area contributed by atoms with Crippen molar-refractivity contribution >= 4 is 15.9 Å². The Bertz CT molecular complexity index is 126. The van der Waals surface area contributed by atoms with Crippen LogP contribution in [0.25, 0.3) is 0 Å². The van der Waals surface area contributed by atoms with Crippen LogP contribution in [-0.2, 0) is 0 Å². The largest absolute Gasteiger partial charge is 0.363 e. The molecule has 0 nitrogen and oxygen atoms in total. The van der Waals surface area contributed by atoms with E-state index < -0.39 is 17.2 Å². The van der Waals surface area contributed by atoms with Crippen LogP contribution in [0.3, 0.4) is 0 Å². The Labute approximate surface area is 64.0 Å². The highest BCUT2D eigenvalue weighted by Crippen LogP contribution is 2.41. The summed E-state index contributed by atoms with van der Waals surface area (Å²) in [5.74, 6) is -4.05. The summed E-state index contributed by atoms with van der Waals surface area (Å²) in [5.41, 5.74) is 0. The third kappa shape index (κ3) is 2.28. The predicted molar refractivity (Wildman–Crippen MR) is 33.6 cm³/mol. The van der Waals surface area contributed by atoms with E-state index in [0.717, 1.165) is 6.08 Å². The molecule has 0 aromatic rings. The third-order valence-corrected chi connectivity index (χ3v) is 1.40. The number of hydrogen-bond acceptors (Lipinski definition) is 0. The summed E-state index contributed by atoms with van der Waals surface area (Å²) in [6, 6.07) is 0. The van der Waals surface area contributed by atoms with Crippen LogP contribution in [0.2, 0.25) is 0 Å². The van der Waals surface area contributed by atoms with Crippen molar-refractivity contribution in [2.24, 2.45) is 0 Å². The average molecular weight is 221 g/mol. The summed E-state index contributed by atoms with van der Waals surface area (Å²) >= 11 is 1.57. The molecule has 0 aliphatic heterocycles. The lowest BCUT2D eigenvalue weighted by Gasteiger charge is -2.19. The van der Waals surface area contributed by atoms with E-state index in [1.54, 1.807) is 15.9 Å². The molecule has 0 aliphatic rings. The van der Waals surface area contributed by atoms with Gasteiger partial charge in [0.25, 0.3) is 0 Å². The van der Waals surface area contributed by atoms with Gasteiger partial charge in [0.05, 0.1) is 0 Å². The Balaban J connectivity index is 4.23. The third-order valence-electron chi connectivity index (χ3n) is 0.815. The maximum absolute atomic E-state index is 12.1. The zero-order valence-electron chi connectivity index (χ0n) is 4.88. The van der Waals surface area contributed by atoms with Crippen molar-refractivity contribution < 1.29 is 17.6 Å². The van der Waals surface area contributed by atoms with E-state index in [1.165, 1.54) is 0 Å². The minimum atomic E-state index is -4.14. The second-order valence-corrected chi connectivity index (χ2v) is 2.69. The molecule has 0 spiro atoms. The Morgan fingerprint density at radius 1 is 1.30 bits per heavy atom. The zero-order valence-corrected chi connectivity index (χ0v) is 6.47. The molecular formula is C5H5BrF4. The number of allylic oxidation sites excluding steroid dienone is 1. The summed E-state index contributed by atoms with van der Waals surface area (Å²) in [7, 11) is 0. The Morgan fingerprint density at radius 2 is 1.70 bits per heavy atom. The van der Waals surface area contributed by atoms with Gasteiger partial charge in [-0.2, -0.15) is 17.6 Å². The van der Waals surface area contributed by atoms with E-state index in [0.29, 0.717) is 0 Å². The molecule has 10 heavy (non-hydrogen) atoms. The molecule has 0 saturated carbocycles. The second-order valence-electron chi connectivity index (χ2n) is 1.70. The molecule has 0 aliphatic carbocycles. The fourth-order valence-electron chi connectivity index (χ4n) is 0.297. The summed E-state index contributed by atoms with van der Waals surface area (Å²) in [4.78, 5) is -4.14. The van der Waals surface area contributed by atoms with Gasteiger partial charge in [0.1, 0.15) is 0 Å². The molecule has 0 unspecified atom stereocenters. The van der Waals surface area contributed by atoms with Gasteiger partial charge in [0.15, 0.2) is 0 Å². The van der Waals surface area contributed by atoms with Crippen molar-refractivity contribution in [1.82, 2.24) is 0 Å². The van der Waals surface area contributed by atoms with Crippen molar-refractivity contribution in [2.45, 2.75) is 17.2 Å². The van der Waals surface area contributed by atoms with E-state index in [-0.39, 0.29) is 0 Å². The predicted octanol–water partition coefficient (Wildman–Crippen LogP) is 3.19. The van der Waals surface area contributed by atoms with E-state index in [1.807, 2.05) is 0 Å². The molecule has 0 aromatic carbocycles. The van der Waals surface area contributed by atoms with Gasteiger partial charge in [0, 0.05) is 6.42 Å². The van der Waals surface area contributed by atoms with Crippen molar-refractivity contribution in [3.05, 3.63) is 12.7 Å². The fourth-order valence-corrected chi connectivity index (χ4v) is 0.459. The van der Waals surface area contributed by atoms with Gasteiger partial charge in [-0.25, -0.2) is 0 Å². The molecule has 0 radical (unpaired) electrons. The Hall–Kier alpha value is -0.0600. The molecule has 0 atom stereocenters. The first-order chi connectivity index (χ1) is 4.31. The smallest absolute Gasteiger partial charge is 0.198 e. The topological polar surface area (TPSA) is 0 Å². The molecule has 0 rings (SSSR count). The van der Waals surface area contributed by atoms with Crippen LogP contribution in [-0.4, -0.2) is 10.8 Å². The van der Waals surface area contributed by atoms with E-state index in [9.17, 15) is 17.6 Å². The standard InChI is InChI=1S/C5H5BrF4/c1-2-3-4(7,8)5(6,9)10/h2H,1,3H2. The lowest BCUT2D eigenvalue weighted by molar-refractivity contribution is -0.144. The molecule has 0 N–H and O–H groups in total. The van der Waals surface area contributed by atoms with Crippen molar-refractivity contribution in [1.29, 1.82) is 0 Å². The molecule has 0 heterocycles. The van der Waals surface area contributed by atoms with Crippen molar-refractivity contribution in [3.63, 3.8) is 0 Å². The van der Waals surface area contributed by atoms with Crippen molar-refractivity contribution in [2.75, 3.05) is 0 Å². The van der Waals surface area contributed by atoms with Crippen molar-refractivity contribution in [3.8, 4) is 0 Å². The minimum Gasteiger partial charge on any atom is -0.198 e. The molecule has 0 amide bonds. The van der Waals surface area contributed by atoms with Gasteiger partial charge in [0.2, 0.25) is 0 Å². The van der Waals surface area contributed by atoms with Crippen LogP contribution < -0.4 is 0 Å². The van der Waals surface area contributed by atoms with Crippen LogP contribution in [0.15, 0.2) is 12.7 Å². The molecule has 0 fully saturated rings. The van der Waals surface area contributed by atoms with Gasteiger partial charge in [-0.1, -0.05) is 6.08 Å². The van der Waals surface area contributed by atoms with Gasteiger partial charge in [-0.15, -0.1) is 6.58 Å². The Morgan fingerprint density at radius 3 is 1.80 bits per heavy atom. The van der Waals surface area contributed by atoms with Crippen LogP contribution >= 0.6 is 15.9 Å². The summed E-state index contributed by atoms with van der Waals surface area (Å²) < 4.78 is 47.7. The lowest BCUT2D eigenvalue weighted by atomic mass is 10.2. The number of halogens is 5. The van der Waals surface area contributed by atoms with Crippen LogP contribution in [0.4, 0.5) is 17.6 Å². The highest BCUT2D eigenvalue weighted by Gasteiger charge is 2.52. The van der Waals surface area contributed by atoms with E-state index in [2.05, 4.69) is 6.58 Å². The first kappa shape index (κ1) is 9.94. The van der Waals surface area contributed by atoms with Gasteiger partial charge in [-0.05, 0) is 15.9 Å². The van der Waals surface area contributed by atoms with E-state index in [4.69, 9.17) is 0 Å². The molecule has 0 aromatic heterocycles. The lowest BCUT2D eigenvalue weighted by Crippen LogP contribution is -2.33. The molecule has 0 bridgehead atoms. The maximum atomic E-state index is 12.1. The van der Waals surface area contributed by atoms with Crippen LogP contribution in [0.1, 0.15) is 6.42 Å². The molecule has 5 heteroatoms. The summed E-state index contributed by atoms with van der Waals surface area (Å²) in [6.45, 7) is 2.93. The Kier molecular flexibility index (Phi) is 2.88. The number of rotatable bonds is 3. The quantitative estimate of drug-likeness (QED) is 0.390. The number of alkyl halides is 5. The SMILES string of the molecule is C=CCC(F)(F)C(F)(F)Br. The van der Waals surface area contributed by atoms with Gasteiger partial charge in [-0.3, -0.25) is 0 Å². The van der Waals surface area contributed by atoms with Crippen LogP contribution in [0.5, 0.6) is 0 Å². The second kappa shape index (κ2) is 2.90.